The Morgan fingerprint density at radius 3 is 2.81 bits per heavy atom. The number of nitrogens with one attached hydrogen (secondary N) is 1. The number of nitrogens with zero attached hydrogens (tertiary/aromatic N) is 2. The maximum absolute atomic E-state index is 13.4. The van der Waals surface area contributed by atoms with Crippen molar-refractivity contribution in [2.45, 2.75) is 19.9 Å². The van der Waals surface area contributed by atoms with Crippen LogP contribution in [0, 0.1) is 12.7 Å². The molecule has 1 atom stereocenters. The summed E-state index contributed by atoms with van der Waals surface area (Å²) in [7, 11) is 0. The van der Waals surface area contributed by atoms with Crippen molar-refractivity contribution in [3.05, 3.63) is 40.0 Å². The predicted molar refractivity (Wildman–Crippen MR) is 85.1 cm³/mol. The van der Waals surface area contributed by atoms with E-state index >= 15 is 0 Å². The summed E-state index contributed by atoms with van der Waals surface area (Å²) in [6, 6.07) is 7.00. The van der Waals surface area contributed by atoms with Gasteiger partial charge in [-0.25, -0.2) is 9.37 Å². The lowest BCUT2D eigenvalue weighted by Gasteiger charge is -2.31. The van der Waals surface area contributed by atoms with Gasteiger partial charge in [-0.05, 0) is 26.0 Å². The van der Waals surface area contributed by atoms with Gasteiger partial charge in [0.2, 0.25) is 0 Å². The molecule has 0 aliphatic carbocycles. The molecule has 1 aromatic carbocycles. The van der Waals surface area contributed by atoms with Crippen molar-refractivity contribution in [1.29, 1.82) is 0 Å². The first-order valence-electron chi connectivity index (χ1n) is 7.33. The highest BCUT2D eigenvalue weighted by Crippen LogP contribution is 2.32. The SMILES string of the molecule is Cc1sc(C(C)N2CCNCC2)nc1-c1cccc(F)c1. The number of hydrogen-bond acceptors (Lipinski definition) is 4. The molecular weight excluding hydrogens is 285 g/mol. The van der Waals surface area contributed by atoms with Gasteiger partial charge in [-0.1, -0.05) is 12.1 Å². The summed E-state index contributed by atoms with van der Waals surface area (Å²) in [4.78, 5) is 8.39. The van der Waals surface area contributed by atoms with E-state index in [4.69, 9.17) is 4.98 Å². The fourth-order valence-electron chi connectivity index (χ4n) is 2.72. The normalized spacial score (nSPS) is 17.9. The molecule has 112 valence electrons. The zero-order chi connectivity index (χ0) is 14.8. The molecule has 3 nitrogen and oxygen atoms in total. The van der Waals surface area contributed by atoms with E-state index in [9.17, 15) is 4.39 Å². The molecule has 1 unspecified atom stereocenters. The van der Waals surface area contributed by atoms with Gasteiger partial charge in [-0.2, -0.15) is 0 Å². The van der Waals surface area contributed by atoms with Crippen molar-refractivity contribution in [2.24, 2.45) is 0 Å². The molecule has 21 heavy (non-hydrogen) atoms. The van der Waals surface area contributed by atoms with Crippen LogP contribution in [0.3, 0.4) is 0 Å². The highest BCUT2D eigenvalue weighted by atomic mass is 32.1. The summed E-state index contributed by atoms with van der Waals surface area (Å²) in [5.41, 5.74) is 1.78. The summed E-state index contributed by atoms with van der Waals surface area (Å²) < 4.78 is 13.4. The van der Waals surface area contributed by atoms with E-state index in [-0.39, 0.29) is 5.82 Å². The second-order valence-electron chi connectivity index (χ2n) is 5.43. The van der Waals surface area contributed by atoms with Crippen molar-refractivity contribution < 1.29 is 4.39 Å². The molecule has 3 rings (SSSR count). The molecule has 2 aromatic rings. The van der Waals surface area contributed by atoms with Gasteiger partial charge in [0.15, 0.2) is 0 Å². The molecule has 0 amide bonds. The van der Waals surface area contributed by atoms with Crippen LogP contribution in [0.25, 0.3) is 11.3 Å². The largest absolute Gasteiger partial charge is 0.314 e. The lowest BCUT2D eigenvalue weighted by atomic mass is 10.1. The van der Waals surface area contributed by atoms with Gasteiger partial charge in [-0.15, -0.1) is 11.3 Å². The van der Waals surface area contributed by atoms with Crippen LogP contribution >= 0.6 is 11.3 Å². The smallest absolute Gasteiger partial charge is 0.123 e. The molecule has 1 aliphatic rings. The molecule has 1 aromatic heterocycles. The summed E-state index contributed by atoms with van der Waals surface area (Å²) in [6.07, 6.45) is 0. The lowest BCUT2D eigenvalue weighted by molar-refractivity contribution is 0.185. The van der Waals surface area contributed by atoms with E-state index < -0.39 is 0 Å². The van der Waals surface area contributed by atoms with E-state index in [2.05, 4.69) is 24.1 Å². The van der Waals surface area contributed by atoms with Gasteiger partial charge < -0.3 is 5.32 Å². The van der Waals surface area contributed by atoms with E-state index in [0.29, 0.717) is 6.04 Å². The Labute approximate surface area is 128 Å². The number of benzene rings is 1. The number of aryl methyl sites for hydroxylation is 1. The first-order valence-corrected chi connectivity index (χ1v) is 8.15. The summed E-state index contributed by atoms with van der Waals surface area (Å²) >= 11 is 1.72. The van der Waals surface area contributed by atoms with Gasteiger partial charge in [0.05, 0.1) is 11.7 Å². The van der Waals surface area contributed by atoms with Crippen LogP contribution in [0.2, 0.25) is 0 Å². The molecule has 0 spiro atoms. The lowest BCUT2D eigenvalue weighted by Crippen LogP contribution is -2.44. The molecule has 2 heterocycles. The van der Waals surface area contributed by atoms with Gasteiger partial charge in [0, 0.05) is 36.6 Å². The molecule has 1 fully saturated rings. The molecule has 0 radical (unpaired) electrons. The molecule has 0 saturated carbocycles. The van der Waals surface area contributed by atoms with Crippen molar-refractivity contribution in [3.8, 4) is 11.3 Å². The zero-order valence-electron chi connectivity index (χ0n) is 12.4. The number of halogens is 1. The van der Waals surface area contributed by atoms with Crippen molar-refractivity contribution in [2.75, 3.05) is 26.2 Å². The Bertz CT molecular complexity index is 620. The quantitative estimate of drug-likeness (QED) is 0.943. The molecule has 5 heteroatoms. The average molecular weight is 305 g/mol. The Hall–Kier alpha value is -1.30. The van der Waals surface area contributed by atoms with Gasteiger partial charge in [0.1, 0.15) is 10.8 Å². The highest BCUT2D eigenvalue weighted by molar-refractivity contribution is 7.12. The Kier molecular flexibility index (Phi) is 4.33. The minimum Gasteiger partial charge on any atom is -0.314 e. The van der Waals surface area contributed by atoms with Crippen LogP contribution in [-0.4, -0.2) is 36.1 Å². The number of rotatable bonds is 3. The number of aromatic nitrogens is 1. The fraction of sp³-hybridized carbons (Fsp3) is 0.438. The maximum atomic E-state index is 13.4. The molecule has 0 bridgehead atoms. The summed E-state index contributed by atoms with van der Waals surface area (Å²) in [5, 5.41) is 4.49. The van der Waals surface area contributed by atoms with E-state index in [0.717, 1.165) is 47.3 Å². The van der Waals surface area contributed by atoms with E-state index in [1.54, 1.807) is 23.5 Å². The van der Waals surface area contributed by atoms with Crippen LogP contribution in [0.4, 0.5) is 4.39 Å². The summed E-state index contributed by atoms with van der Waals surface area (Å²) in [5.74, 6) is -0.211. The van der Waals surface area contributed by atoms with E-state index in [1.165, 1.54) is 6.07 Å². The third-order valence-electron chi connectivity index (χ3n) is 3.97. The molecule has 1 N–H and O–H groups in total. The Morgan fingerprint density at radius 1 is 1.33 bits per heavy atom. The fourth-order valence-corrected chi connectivity index (χ4v) is 3.76. The first kappa shape index (κ1) is 14.6. The molecule has 1 aliphatic heterocycles. The third kappa shape index (κ3) is 3.15. The van der Waals surface area contributed by atoms with Crippen LogP contribution in [-0.2, 0) is 0 Å². The van der Waals surface area contributed by atoms with Crippen LogP contribution in [0.15, 0.2) is 24.3 Å². The summed E-state index contributed by atoms with van der Waals surface area (Å²) in [6.45, 7) is 8.44. The number of thiazole rings is 1. The molecule has 1 saturated heterocycles. The van der Waals surface area contributed by atoms with Crippen molar-refractivity contribution in [3.63, 3.8) is 0 Å². The van der Waals surface area contributed by atoms with Gasteiger partial charge in [0.25, 0.3) is 0 Å². The number of piperazine rings is 1. The second-order valence-corrected chi connectivity index (χ2v) is 6.66. The molecular formula is C16H20FN3S. The van der Waals surface area contributed by atoms with Crippen LogP contribution in [0.1, 0.15) is 22.9 Å². The van der Waals surface area contributed by atoms with Crippen molar-refractivity contribution >= 4 is 11.3 Å². The van der Waals surface area contributed by atoms with Crippen molar-refractivity contribution in [1.82, 2.24) is 15.2 Å². The minimum absolute atomic E-state index is 0.211. The zero-order valence-corrected chi connectivity index (χ0v) is 13.2. The first-order chi connectivity index (χ1) is 10.1. The predicted octanol–water partition coefficient (Wildman–Crippen LogP) is 3.22. The minimum atomic E-state index is -0.211. The monoisotopic (exact) mass is 305 g/mol. The van der Waals surface area contributed by atoms with Gasteiger partial charge >= 0.3 is 0 Å². The maximum Gasteiger partial charge on any atom is 0.123 e. The standard InChI is InChI=1S/C16H20FN3S/c1-11(20-8-6-18-7-9-20)16-19-15(12(2)21-16)13-4-3-5-14(17)10-13/h3-5,10-11,18H,6-9H2,1-2H3. The third-order valence-corrected chi connectivity index (χ3v) is 5.11. The number of hydrogen-bond donors (Lipinski definition) is 1. The van der Waals surface area contributed by atoms with Crippen LogP contribution < -0.4 is 5.32 Å². The van der Waals surface area contributed by atoms with Gasteiger partial charge in [-0.3, -0.25) is 4.90 Å². The van der Waals surface area contributed by atoms with E-state index in [1.807, 2.05) is 6.07 Å². The average Bonchev–Trinajstić information content (AvgIpc) is 2.89. The Balaban J connectivity index is 1.87. The highest BCUT2D eigenvalue weighted by Gasteiger charge is 2.22. The Morgan fingerprint density at radius 2 is 2.10 bits per heavy atom. The van der Waals surface area contributed by atoms with Crippen LogP contribution in [0.5, 0.6) is 0 Å². The topological polar surface area (TPSA) is 28.2 Å². The second kappa shape index (κ2) is 6.22.